The fourth-order valence-electron chi connectivity index (χ4n) is 2.88. The molecule has 0 bridgehead atoms. The highest BCUT2D eigenvalue weighted by Crippen LogP contribution is 2.23. The van der Waals surface area contributed by atoms with Crippen LogP contribution in [0.4, 0.5) is 5.13 Å². The predicted molar refractivity (Wildman–Crippen MR) is 102 cm³/mol. The number of piperidine rings is 1. The van der Waals surface area contributed by atoms with E-state index >= 15 is 0 Å². The highest BCUT2D eigenvalue weighted by molar-refractivity contribution is 7.17. The summed E-state index contributed by atoms with van der Waals surface area (Å²) in [6, 6.07) is 6.70. The van der Waals surface area contributed by atoms with E-state index in [-0.39, 0.29) is 17.7 Å². The molecule has 7 nitrogen and oxygen atoms in total. The van der Waals surface area contributed by atoms with Gasteiger partial charge in [-0.1, -0.05) is 22.9 Å². The molecule has 0 aliphatic carbocycles. The van der Waals surface area contributed by atoms with Crippen LogP contribution in [0.25, 0.3) is 0 Å². The first-order chi connectivity index (χ1) is 13.0. The summed E-state index contributed by atoms with van der Waals surface area (Å²) in [5, 5.41) is 3.62. The third-order valence-electron chi connectivity index (χ3n) is 4.29. The molecule has 1 aromatic carbocycles. The van der Waals surface area contributed by atoms with Gasteiger partial charge >= 0.3 is 5.97 Å². The lowest BCUT2D eigenvalue weighted by atomic mass is 9.96. The Morgan fingerprint density at radius 1 is 1.30 bits per heavy atom. The molecule has 9 heteroatoms. The molecule has 1 aliphatic rings. The van der Waals surface area contributed by atoms with E-state index < -0.39 is 5.97 Å². The number of aromatic nitrogens is 1. The van der Waals surface area contributed by atoms with Crippen LogP contribution in [-0.4, -0.2) is 47.9 Å². The van der Waals surface area contributed by atoms with Gasteiger partial charge < -0.3 is 15.0 Å². The Morgan fingerprint density at radius 3 is 2.74 bits per heavy atom. The first kappa shape index (κ1) is 19.3. The molecule has 1 unspecified atom stereocenters. The quantitative estimate of drug-likeness (QED) is 0.787. The summed E-state index contributed by atoms with van der Waals surface area (Å²) in [6.45, 7) is 0.942. The van der Waals surface area contributed by atoms with Crippen molar-refractivity contribution in [1.82, 2.24) is 9.88 Å². The van der Waals surface area contributed by atoms with Crippen molar-refractivity contribution in [3.63, 3.8) is 0 Å². The van der Waals surface area contributed by atoms with Crippen molar-refractivity contribution < 1.29 is 19.1 Å². The van der Waals surface area contributed by atoms with Crippen LogP contribution in [0.15, 0.2) is 30.5 Å². The van der Waals surface area contributed by atoms with E-state index in [1.54, 1.807) is 29.2 Å². The number of benzene rings is 1. The van der Waals surface area contributed by atoms with Crippen LogP contribution in [0.5, 0.6) is 0 Å². The minimum absolute atomic E-state index is 0.119. The third-order valence-corrected chi connectivity index (χ3v) is 5.44. The standard InChI is InChI=1S/C18H18ClN3O4S/c1-26-17(25)14-9-20-18(27-14)21-15(23)12-3-2-8-22(10-12)16(24)11-4-6-13(19)7-5-11/h4-7,9,12H,2-3,8,10H2,1H3,(H,20,21,23). The molecule has 2 amide bonds. The van der Waals surface area contributed by atoms with Gasteiger partial charge in [0.2, 0.25) is 5.91 Å². The Hall–Kier alpha value is -2.45. The number of carbonyl (C=O) groups excluding carboxylic acids is 3. The molecule has 142 valence electrons. The van der Waals surface area contributed by atoms with Crippen LogP contribution >= 0.6 is 22.9 Å². The number of thiazole rings is 1. The SMILES string of the molecule is COC(=O)c1cnc(NC(=O)C2CCCN(C(=O)c3ccc(Cl)cc3)C2)s1. The highest BCUT2D eigenvalue weighted by Gasteiger charge is 2.29. The molecule has 1 aliphatic heterocycles. The lowest BCUT2D eigenvalue weighted by molar-refractivity contribution is -0.121. The molecule has 2 aromatic rings. The van der Waals surface area contributed by atoms with Gasteiger partial charge in [-0.25, -0.2) is 9.78 Å². The van der Waals surface area contributed by atoms with Crippen molar-refractivity contribution in [2.45, 2.75) is 12.8 Å². The van der Waals surface area contributed by atoms with Crippen LogP contribution < -0.4 is 5.32 Å². The van der Waals surface area contributed by atoms with E-state index in [1.165, 1.54) is 13.3 Å². The predicted octanol–water partition coefficient (Wildman–Crippen LogP) is 3.07. The Labute approximate surface area is 165 Å². The van der Waals surface area contributed by atoms with Gasteiger partial charge in [0.1, 0.15) is 4.88 Å². The molecule has 0 spiro atoms. The molecule has 1 atom stereocenters. The number of hydrogen-bond donors (Lipinski definition) is 1. The summed E-state index contributed by atoms with van der Waals surface area (Å²) in [5.41, 5.74) is 0.545. The number of nitrogens with zero attached hydrogens (tertiary/aromatic N) is 2. The largest absolute Gasteiger partial charge is 0.465 e. The minimum Gasteiger partial charge on any atom is -0.465 e. The van der Waals surface area contributed by atoms with Gasteiger partial charge in [0.15, 0.2) is 5.13 Å². The van der Waals surface area contributed by atoms with Gasteiger partial charge in [-0.15, -0.1) is 0 Å². The van der Waals surface area contributed by atoms with E-state index in [1.807, 2.05) is 0 Å². The zero-order chi connectivity index (χ0) is 19.4. The number of nitrogens with one attached hydrogen (secondary N) is 1. The van der Waals surface area contributed by atoms with Crippen LogP contribution in [0.2, 0.25) is 5.02 Å². The van der Waals surface area contributed by atoms with Gasteiger partial charge in [0, 0.05) is 23.7 Å². The monoisotopic (exact) mass is 407 g/mol. The summed E-state index contributed by atoms with van der Waals surface area (Å²) in [4.78, 5) is 42.7. The van der Waals surface area contributed by atoms with Crippen molar-refractivity contribution in [2.24, 2.45) is 5.92 Å². The van der Waals surface area contributed by atoms with Crippen LogP contribution in [0, 0.1) is 5.92 Å². The fraction of sp³-hybridized carbons (Fsp3) is 0.333. The Kier molecular flexibility index (Phi) is 6.08. The zero-order valence-electron chi connectivity index (χ0n) is 14.6. The van der Waals surface area contributed by atoms with Gasteiger partial charge in [0.05, 0.1) is 19.2 Å². The van der Waals surface area contributed by atoms with Crippen LogP contribution in [-0.2, 0) is 9.53 Å². The summed E-state index contributed by atoms with van der Waals surface area (Å²) >= 11 is 6.92. The van der Waals surface area contributed by atoms with E-state index in [4.69, 9.17) is 11.6 Å². The van der Waals surface area contributed by atoms with E-state index in [2.05, 4.69) is 15.0 Å². The molecule has 0 radical (unpaired) electrons. The lowest BCUT2D eigenvalue weighted by Crippen LogP contribution is -2.43. The molecule has 0 saturated carbocycles. The maximum Gasteiger partial charge on any atom is 0.349 e. The molecular weight excluding hydrogens is 390 g/mol. The number of rotatable bonds is 4. The molecule has 27 heavy (non-hydrogen) atoms. The molecular formula is C18H18ClN3O4S. The van der Waals surface area contributed by atoms with Crippen molar-refractivity contribution in [3.05, 3.63) is 45.9 Å². The van der Waals surface area contributed by atoms with Crippen LogP contribution in [0.1, 0.15) is 32.9 Å². The maximum atomic E-state index is 12.6. The van der Waals surface area contributed by atoms with Crippen molar-refractivity contribution in [3.8, 4) is 0 Å². The molecule has 1 aromatic heterocycles. The highest BCUT2D eigenvalue weighted by atomic mass is 35.5. The minimum atomic E-state index is -0.495. The third kappa shape index (κ3) is 4.64. The Morgan fingerprint density at radius 2 is 2.04 bits per heavy atom. The lowest BCUT2D eigenvalue weighted by Gasteiger charge is -2.32. The fourth-order valence-corrected chi connectivity index (χ4v) is 3.75. The number of carbonyl (C=O) groups is 3. The zero-order valence-corrected chi connectivity index (χ0v) is 16.2. The number of amides is 2. The summed E-state index contributed by atoms with van der Waals surface area (Å²) in [5.74, 6) is -1.16. The first-order valence-electron chi connectivity index (χ1n) is 8.38. The van der Waals surface area contributed by atoms with Gasteiger partial charge in [0.25, 0.3) is 5.91 Å². The second-order valence-corrected chi connectivity index (χ2v) is 7.57. The summed E-state index contributed by atoms with van der Waals surface area (Å²) in [6.07, 6.45) is 2.79. The first-order valence-corrected chi connectivity index (χ1v) is 9.57. The second kappa shape index (κ2) is 8.49. The Balaban J connectivity index is 1.62. The number of halogens is 1. The number of ether oxygens (including phenoxy) is 1. The summed E-state index contributed by atoms with van der Waals surface area (Å²) < 4.78 is 4.63. The molecule has 1 fully saturated rings. The van der Waals surface area contributed by atoms with E-state index in [0.717, 1.165) is 17.8 Å². The second-order valence-electron chi connectivity index (χ2n) is 6.11. The normalized spacial score (nSPS) is 16.7. The topological polar surface area (TPSA) is 88.6 Å². The van der Waals surface area contributed by atoms with Crippen LogP contribution in [0.3, 0.4) is 0 Å². The van der Waals surface area contributed by atoms with Crippen molar-refractivity contribution in [2.75, 3.05) is 25.5 Å². The Bertz CT molecular complexity index is 853. The average Bonchev–Trinajstić information content (AvgIpc) is 3.16. The summed E-state index contributed by atoms with van der Waals surface area (Å²) in [7, 11) is 1.29. The molecule has 2 heterocycles. The van der Waals surface area contributed by atoms with Gasteiger partial charge in [-0.3, -0.25) is 9.59 Å². The van der Waals surface area contributed by atoms with Crippen molar-refractivity contribution in [1.29, 1.82) is 0 Å². The van der Waals surface area contributed by atoms with E-state index in [9.17, 15) is 14.4 Å². The van der Waals surface area contributed by atoms with E-state index in [0.29, 0.717) is 40.1 Å². The molecule has 3 rings (SSSR count). The van der Waals surface area contributed by atoms with Gasteiger partial charge in [-0.05, 0) is 37.1 Å². The number of likely N-dealkylation sites (tertiary alicyclic amines) is 1. The maximum absolute atomic E-state index is 12.6. The number of methoxy groups -OCH3 is 1. The number of hydrogen-bond acceptors (Lipinski definition) is 6. The number of anilines is 1. The molecule has 1 saturated heterocycles. The average molecular weight is 408 g/mol. The van der Waals surface area contributed by atoms with Gasteiger partial charge in [-0.2, -0.15) is 0 Å². The smallest absolute Gasteiger partial charge is 0.349 e. The molecule has 1 N–H and O–H groups in total. The number of esters is 1. The van der Waals surface area contributed by atoms with Crippen molar-refractivity contribution >= 4 is 45.9 Å².